The summed E-state index contributed by atoms with van der Waals surface area (Å²) in [7, 11) is 0. The van der Waals surface area contributed by atoms with Crippen LogP contribution in [0.4, 0.5) is 0 Å². The van der Waals surface area contributed by atoms with Crippen molar-refractivity contribution in [3.05, 3.63) is 12.2 Å². The van der Waals surface area contributed by atoms with E-state index < -0.39 is 0 Å². The van der Waals surface area contributed by atoms with Gasteiger partial charge in [0.05, 0.1) is 0 Å². The van der Waals surface area contributed by atoms with E-state index in [9.17, 15) is 9.59 Å². The molecule has 2 amide bonds. The first-order valence-corrected chi connectivity index (χ1v) is 18.8. The molecule has 2 N–H and O–H groups in total. The highest BCUT2D eigenvalue weighted by Gasteiger charge is 2.07. The molecule has 0 aromatic heterocycles. The molecule has 42 heavy (non-hydrogen) atoms. The van der Waals surface area contributed by atoms with Crippen molar-refractivity contribution in [2.24, 2.45) is 0 Å². The molecule has 0 radical (unpaired) electrons. The lowest BCUT2D eigenvalue weighted by atomic mass is 10.0. The summed E-state index contributed by atoms with van der Waals surface area (Å²) in [6.07, 6.45) is 40.1. The van der Waals surface area contributed by atoms with E-state index in [4.69, 9.17) is 0 Å². The predicted octanol–water partition coefficient (Wildman–Crippen LogP) is 11.5. The predicted molar refractivity (Wildman–Crippen MR) is 185 cm³/mol. The molecule has 4 heteroatoms. The molecular weight excluding hydrogens is 516 g/mol. The highest BCUT2D eigenvalue weighted by Crippen LogP contribution is 2.13. The van der Waals surface area contributed by atoms with Crippen molar-refractivity contribution in [2.75, 3.05) is 6.54 Å². The smallest absolute Gasteiger partial charge is 0.220 e. The first-order chi connectivity index (χ1) is 20.6. The summed E-state index contributed by atoms with van der Waals surface area (Å²) in [5.74, 6) is 0.397. The van der Waals surface area contributed by atoms with Crippen LogP contribution < -0.4 is 10.6 Å². The van der Waals surface area contributed by atoms with Crippen LogP contribution in [0.25, 0.3) is 0 Å². The van der Waals surface area contributed by atoms with E-state index in [1.54, 1.807) is 0 Å². The Bertz CT molecular complexity index is 604. The van der Waals surface area contributed by atoms with E-state index in [1.165, 1.54) is 135 Å². The number of nitrogens with one attached hydrogen (secondary N) is 2. The second-order valence-corrected chi connectivity index (χ2v) is 12.9. The Labute approximate surface area is 263 Å². The molecule has 248 valence electrons. The summed E-state index contributed by atoms with van der Waals surface area (Å²) in [4.78, 5) is 24.3. The lowest BCUT2D eigenvalue weighted by molar-refractivity contribution is -0.122. The van der Waals surface area contributed by atoms with Gasteiger partial charge in [0.2, 0.25) is 11.8 Å². The van der Waals surface area contributed by atoms with Gasteiger partial charge in [-0.15, -0.1) is 0 Å². The topological polar surface area (TPSA) is 58.2 Å². The zero-order valence-corrected chi connectivity index (χ0v) is 28.8. The van der Waals surface area contributed by atoms with Gasteiger partial charge in [0.15, 0.2) is 0 Å². The monoisotopic (exact) mass is 591 g/mol. The van der Waals surface area contributed by atoms with E-state index in [2.05, 4.69) is 43.6 Å². The Hall–Kier alpha value is -1.32. The van der Waals surface area contributed by atoms with E-state index in [-0.39, 0.29) is 17.9 Å². The number of unbranched alkanes of at least 4 members (excludes halogenated alkanes) is 22. The maximum atomic E-state index is 12.2. The molecule has 0 aliphatic rings. The second-order valence-electron chi connectivity index (χ2n) is 12.9. The van der Waals surface area contributed by atoms with Crippen LogP contribution in [0.5, 0.6) is 0 Å². The molecule has 0 aliphatic heterocycles. The summed E-state index contributed by atoms with van der Waals surface area (Å²) in [5.41, 5.74) is 0. The lowest BCUT2D eigenvalue weighted by Crippen LogP contribution is -2.32. The first-order valence-electron chi connectivity index (χ1n) is 18.8. The highest BCUT2D eigenvalue weighted by molar-refractivity contribution is 5.76. The van der Waals surface area contributed by atoms with Gasteiger partial charge in [0, 0.05) is 25.4 Å². The minimum Gasteiger partial charge on any atom is -0.356 e. The Kier molecular flexibility index (Phi) is 33.1. The van der Waals surface area contributed by atoms with Crippen LogP contribution in [-0.2, 0) is 9.59 Å². The summed E-state index contributed by atoms with van der Waals surface area (Å²) in [6, 6.07) is 0.219. The van der Waals surface area contributed by atoms with Crippen LogP contribution in [0.1, 0.15) is 207 Å². The van der Waals surface area contributed by atoms with Crippen molar-refractivity contribution < 1.29 is 9.59 Å². The highest BCUT2D eigenvalue weighted by atomic mass is 16.2. The average molecular weight is 591 g/mol. The Morgan fingerprint density at radius 2 is 0.905 bits per heavy atom. The average Bonchev–Trinajstić information content (AvgIpc) is 2.97. The zero-order chi connectivity index (χ0) is 30.8. The molecule has 0 bridgehead atoms. The number of hydrogen-bond acceptors (Lipinski definition) is 2. The van der Waals surface area contributed by atoms with E-state index in [1.807, 2.05) is 0 Å². The maximum Gasteiger partial charge on any atom is 0.220 e. The fourth-order valence-electron chi connectivity index (χ4n) is 5.62. The van der Waals surface area contributed by atoms with Gasteiger partial charge in [-0.1, -0.05) is 142 Å². The molecule has 0 spiro atoms. The van der Waals surface area contributed by atoms with Crippen molar-refractivity contribution in [1.82, 2.24) is 10.6 Å². The molecule has 0 heterocycles. The van der Waals surface area contributed by atoms with Gasteiger partial charge in [-0.3, -0.25) is 9.59 Å². The van der Waals surface area contributed by atoms with Crippen LogP contribution in [0.15, 0.2) is 12.2 Å². The van der Waals surface area contributed by atoms with Crippen LogP contribution in [0, 0.1) is 0 Å². The molecule has 0 unspecified atom stereocenters. The molecule has 0 saturated carbocycles. The molecule has 1 atom stereocenters. The second kappa shape index (κ2) is 34.2. The number of rotatable bonds is 33. The van der Waals surface area contributed by atoms with Crippen molar-refractivity contribution in [3.63, 3.8) is 0 Å². The standard InChI is InChI=1S/C38H74N2O2/c1-4-6-8-10-12-14-16-18-20-22-24-26-28-33-37(41)39-35-31-30-32-36(3)40-38(42)34-29-27-25-23-21-19-17-15-13-11-9-7-5-2/h14,16,36H,4-13,15,17-35H2,1-3H3,(H,39,41)(H,40,42)/b16-14-/t36-/m1/s1. The number of allylic oxidation sites excluding steroid dienone is 2. The molecule has 0 rings (SSSR count). The molecule has 4 nitrogen and oxygen atoms in total. The fourth-order valence-corrected chi connectivity index (χ4v) is 5.62. The largest absolute Gasteiger partial charge is 0.356 e. The van der Waals surface area contributed by atoms with Crippen LogP contribution in [0.2, 0.25) is 0 Å². The first kappa shape index (κ1) is 40.7. The van der Waals surface area contributed by atoms with Gasteiger partial charge in [0.1, 0.15) is 0 Å². The third-order valence-electron chi connectivity index (χ3n) is 8.47. The number of amides is 2. The minimum atomic E-state index is 0.195. The molecular formula is C38H74N2O2. The van der Waals surface area contributed by atoms with Crippen molar-refractivity contribution in [3.8, 4) is 0 Å². The van der Waals surface area contributed by atoms with Gasteiger partial charge in [-0.2, -0.15) is 0 Å². The maximum absolute atomic E-state index is 12.2. The van der Waals surface area contributed by atoms with Crippen LogP contribution in [0.3, 0.4) is 0 Å². The van der Waals surface area contributed by atoms with E-state index in [0.717, 1.165) is 45.1 Å². The quantitative estimate of drug-likeness (QED) is 0.0590. The van der Waals surface area contributed by atoms with E-state index >= 15 is 0 Å². The van der Waals surface area contributed by atoms with Crippen LogP contribution >= 0.6 is 0 Å². The Morgan fingerprint density at radius 3 is 1.40 bits per heavy atom. The minimum absolute atomic E-state index is 0.195. The van der Waals surface area contributed by atoms with Gasteiger partial charge in [-0.25, -0.2) is 0 Å². The third kappa shape index (κ3) is 33.2. The summed E-state index contributed by atoms with van der Waals surface area (Å²) >= 11 is 0. The molecule has 0 aromatic rings. The van der Waals surface area contributed by atoms with Crippen molar-refractivity contribution in [1.29, 1.82) is 0 Å². The summed E-state index contributed by atoms with van der Waals surface area (Å²) in [5, 5.41) is 6.23. The van der Waals surface area contributed by atoms with E-state index in [0.29, 0.717) is 12.8 Å². The zero-order valence-electron chi connectivity index (χ0n) is 28.8. The Morgan fingerprint density at radius 1 is 0.500 bits per heavy atom. The molecule has 0 fully saturated rings. The normalized spacial score (nSPS) is 12.2. The fraction of sp³-hybridized carbons (Fsp3) is 0.895. The molecule has 0 saturated heterocycles. The van der Waals surface area contributed by atoms with Gasteiger partial charge >= 0.3 is 0 Å². The Balaban J connectivity index is 3.41. The molecule has 0 aliphatic carbocycles. The number of hydrogen-bond donors (Lipinski definition) is 2. The van der Waals surface area contributed by atoms with Crippen LogP contribution in [-0.4, -0.2) is 24.4 Å². The summed E-state index contributed by atoms with van der Waals surface area (Å²) in [6.45, 7) is 7.39. The van der Waals surface area contributed by atoms with Crippen molar-refractivity contribution >= 4 is 11.8 Å². The SMILES string of the molecule is CCCCCC/C=C\CCCCCCCC(=O)NCCCC[C@@H](C)NC(=O)CCCCCCCCCCCCCCC. The number of carbonyl (C=O) groups is 2. The van der Waals surface area contributed by atoms with Gasteiger partial charge in [0.25, 0.3) is 0 Å². The summed E-state index contributed by atoms with van der Waals surface area (Å²) < 4.78 is 0. The van der Waals surface area contributed by atoms with Gasteiger partial charge in [-0.05, 0) is 64.7 Å². The van der Waals surface area contributed by atoms with Gasteiger partial charge < -0.3 is 10.6 Å². The van der Waals surface area contributed by atoms with Crippen molar-refractivity contribution in [2.45, 2.75) is 213 Å². The molecule has 0 aromatic carbocycles. The number of carbonyl (C=O) groups excluding carboxylic acids is 2. The third-order valence-corrected chi connectivity index (χ3v) is 8.47. The lowest BCUT2D eigenvalue weighted by Gasteiger charge is -2.14.